The van der Waals surface area contributed by atoms with Gasteiger partial charge >= 0.3 is 0 Å². The number of nitrogens with one attached hydrogen (secondary N) is 2. The van der Waals surface area contributed by atoms with Crippen molar-refractivity contribution < 1.29 is 4.79 Å². The first-order valence-corrected chi connectivity index (χ1v) is 8.58. The molecule has 1 amide bonds. The summed E-state index contributed by atoms with van der Waals surface area (Å²) in [6.45, 7) is 0.450. The molecule has 2 aromatic rings. The van der Waals surface area contributed by atoms with Crippen LogP contribution in [0.25, 0.3) is 0 Å². The van der Waals surface area contributed by atoms with E-state index in [0.717, 1.165) is 11.4 Å². The van der Waals surface area contributed by atoms with E-state index in [1.807, 2.05) is 18.2 Å². The number of nitrogens with zero attached hydrogens (tertiary/aromatic N) is 3. The lowest BCUT2D eigenvalue weighted by atomic mass is 10.1. The Labute approximate surface area is 142 Å². The van der Waals surface area contributed by atoms with Crippen LogP contribution < -0.4 is 10.6 Å². The maximum atomic E-state index is 12.1. The van der Waals surface area contributed by atoms with Crippen molar-refractivity contribution in [1.29, 1.82) is 0 Å². The Morgan fingerprint density at radius 1 is 1.00 bits per heavy atom. The van der Waals surface area contributed by atoms with Crippen molar-refractivity contribution in [2.45, 2.75) is 51.1 Å². The fourth-order valence-electron chi connectivity index (χ4n) is 2.94. The third-order valence-electron chi connectivity index (χ3n) is 4.31. The maximum absolute atomic E-state index is 12.1. The molecule has 126 valence electrons. The van der Waals surface area contributed by atoms with E-state index < -0.39 is 0 Å². The number of amides is 1. The third-order valence-corrected chi connectivity index (χ3v) is 4.31. The summed E-state index contributed by atoms with van der Waals surface area (Å²) in [5.74, 6) is 0.521. The Balaban J connectivity index is 1.52. The molecular formula is C18H23N5O. The van der Waals surface area contributed by atoms with Crippen LogP contribution >= 0.6 is 0 Å². The van der Waals surface area contributed by atoms with Crippen molar-refractivity contribution >= 4 is 11.7 Å². The van der Waals surface area contributed by atoms with Crippen LogP contribution in [0.3, 0.4) is 0 Å². The molecule has 0 aliphatic heterocycles. The van der Waals surface area contributed by atoms with Crippen molar-refractivity contribution in [3.63, 3.8) is 0 Å². The summed E-state index contributed by atoms with van der Waals surface area (Å²) < 4.78 is 0. The SMILES string of the molecule is O=C(NCc1ccncc1)c1ccc(NC2CCCCCC2)nn1. The van der Waals surface area contributed by atoms with Crippen molar-refractivity contribution in [3.05, 3.63) is 47.9 Å². The maximum Gasteiger partial charge on any atom is 0.272 e. The molecule has 1 saturated carbocycles. The Bertz CT molecular complexity index is 636. The van der Waals surface area contributed by atoms with E-state index >= 15 is 0 Å². The predicted octanol–water partition coefficient (Wildman–Crippen LogP) is 2.94. The lowest BCUT2D eigenvalue weighted by Gasteiger charge is -2.16. The van der Waals surface area contributed by atoms with Gasteiger partial charge in [-0.3, -0.25) is 9.78 Å². The second-order valence-electron chi connectivity index (χ2n) is 6.17. The third kappa shape index (κ3) is 4.75. The van der Waals surface area contributed by atoms with Crippen LogP contribution in [0.15, 0.2) is 36.7 Å². The molecule has 0 spiro atoms. The summed E-state index contributed by atoms with van der Waals surface area (Å²) in [4.78, 5) is 16.1. The van der Waals surface area contributed by atoms with Gasteiger partial charge in [-0.25, -0.2) is 0 Å². The molecule has 0 unspecified atom stereocenters. The molecule has 6 nitrogen and oxygen atoms in total. The molecule has 2 aromatic heterocycles. The first-order chi connectivity index (χ1) is 11.8. The number of carbonyl (C=O) groups excluding carboxylic acids is 1. The summed E-state index contributed by atoms with van der Waals surface area (Å²) >= 11 is 0. The number of hydrogen-bond acceptors (Lipinski definition) is 5. The number of hydrogen-bond donors (Lipinski definition) is 2. The molecule has 6 heteroatoms. The molecule has 24 heavy (non-hydrogen) atoms. The van der Waals surface area contributed by atoms with Crippen LogP contribution in [0.5, 0.6) is 0 Å². The quantitative estimate of drug-likeness (QED) is 0.826. The number of carbonyl (C=O) groups is 1. The zero-order valence-corrected chi connectivity index (χ0v) is 13.7. The van der Waals surface area contributed by atoms with Crippen LogP contribution in [0.1, 0.15) is 54.6 Å². The normalized spacial score (nSPS) is 15.5. The van der Waals surface area contributed by atoms with Crippen LogP contribution in [-0.4, -0.2) is 27.1 Å². The number of pyridine rings is 1. The van der Waals surface area contributed by atoms with Gasteiger partial charge in [0.2, 0.25) is 0 Å². The summed E-state index contributed by atoms with van der Waals surface area (Å²) in [6, 6.07) is 7.75. The topological polar surface area (TPSA) is 79.8 Å². The fourth-order valence-corrected chi connectivity index (χ4v) is 2.94. The first kappa shape index (κ1) is 16.4. The van der Waals surface area contributed by atoms with E-state index in [4.69, 9.17) is 0 Å². The van der Waals surface area contributed by atoms with E-state index in [-0.39, 0.29) is 5.91 Å². The molecule has 0 aromatic carbocycles. The molecule has 0 atom stereocenters. The summed E-state index contributed by atoms with van der Waals surface area (Å²) in [5, 5.41) is 14.5. The van der Waals surface area contributed by atoms with Gasteiger partial charge in [-0.15, -0.1) is 10.2 Å². The standard InChI is InChI=1S/C18H23N5O/c24-18(20-13-14-9-11-19-12-10-14)16-7-8-17(23-22-16)21-15-5-3-1-2-4-6-15/h7-12,15H,1-6,13H2,(H,20,24)(H,21,23). The molecule has 0 saturated heterocycles. The van der Waals surface area contributed by atoms with Crippen molar-refractivity contribution in [1.82, 2.24) is 20.5 Å². The Morgan fingerprint density at radius 3 is 2.42 bits per heavy atom. The van der Waals surface area contributed by atoms with Gasteiger partial charge in [0.05, 0.1) is 0 Å². The zero-order valence-electron chi connectivity index (χ0n) is 13.7. The number of aromatic nitrogens is 3. The molecule has 1 aliphatic rings. The molecule has 1 aliphatic carbocycles. The first-order valence-electron chi connectivity index (χ1n) is 8.58. The van der Waals surface area contributed by atoms with Gasteiger partial charge in [-0.2, -0.15) is 0 Å². The van der Waals surface area contributed by atoms with Crippen LogP contribution in [0, 0.1) is 0 Å². The fraction of sp³-hybridized carbons (Fsp3) is 0.444. The highest BCUT2D eigenvalue weighted by Gasteiger charge is 2.13. The highest BCUT2D eigenvalue weighted by Crippen LogP contribution is 2.20. The smallest absolute Gasteiger partial charge is 0.272 e. The second-order valence-corrected chi connectivity index (χ2v) is 6.17. The monoisotopic (exact) mass is 325 g/mol. The average Bonchev–Trinajstić information content (AvgIpc) is 2.90. The lowest BCUT2D eigenvalue weighted by molar-refractivity contribution is 0.0945. The van der Waals surface area contributed by atoms with Crippen molar-refractivity contribution in [2.24, 2.45) is 0 Å². The van der Waals surface area contributed by atoms with Gasteiger partial charge < -0.3 is 10.6 Å². The largest absolute Gasteiger partial charge is 0.366 e. The minimum absolute atomic E-state index is 0.222. The summed E-state index contributed by atoms with van der Waals surface area (Å²) in [5.41, 5.74) is 1.33. The van der Waals surface area contributed by atoms with Crippen LogP contribution in [0.4, 0.5) is 5.82 Å². The molecule has 0 radical (unpaired) electrons. The van der Waals surface area contributed by atoms with Crippen molar-refractivity contribution in [2.75, 3.05) is 5.32 Å². The summed E-state index contributed by atoms with van der Waals surface area (Å²) in [6.07, 6.45) is 10.9. The van der Waals surface area contributed by atoms with Crippen LogP contribution in [-0.2, 0) is 6.54 Å². The van der Waals surface area contributed by atoms with E-state index in [1.165, 1.54) is 38.5 Å². The molecule has 2 heterocycles. The Morgan fingerprint density at radius 2 is 1.75 bits per heavy atom. The van der Waals surface area contributed by atoms with Gasteiger partial charge in [-0.1, -0.05) is 25.7 Å². The number of rotatable bonds is 5. The van der Waals surface area contributed by atoms with Gasteiger partial charge in [0.1, 0.15) is 5.82 Å². The van der Waals surface area contributed by atoms with E-state index in [2.05, 4.69) is 25.8 Å². The zero-order chi connectivity index (χ0) is 16.6. The van der Waals surface area contributed by atoms with E-state index in [9.17, 15) is 4.79 Å². The van der Waals surface area contributed by atoms with Crippen molar-refractivity contribution in [3.8, 4) is 0 Å². The van der Waals surface area contributed by atoms with Gasteiger partial charge in [0.15, 0.2) is 5.69 Å². The lowest BCUT2D eigenvalue weighted by Crippen LogP contribution is -2.24. The molecule has 1 fully saturated rings. The van der Waals surface area contributed by atoms with Gasteiger partial charge in [-0.05, 0) is 42.7 Å². The van der Waals surface area contributed by atoms with E-state index in [0.29, 0.717) is 18.3 Å². The molecule has 2 N–H and O–H groups in total. The highest BCUT2D eigenvalue weighted by molar-refractivity contribution is 5.92. The Kier molecular flexibility index (Phi) is 5.71. The minimum Gasteiger partial charge on any atom is -0.366 e. The molecule has 0 bridgehead atoms. The van der Waals surface area contributed by atoms with Gasteiger partial charge in [0.25, 0.3) is 5.91 Å². The minimum atomic E-state index is -0.222. The number of anilines is 1. The molecular weight excluding hydrogens is 302 g/mol. The van der Waals surface area contributed by atoms with Gasteiger partial charge in [0, 0.05) is 25.0 Å². The summed E-state index contributed by atoms with van der Waals surface area (Å²) in [7, 11) is 0. The predicted molar refractivity (Wildman–Crippen MR) is 92.6 cm³/mol. The average molecular weight is 325 g/mol. The Hall–Kier alpha value is -2.50. The van der Waals surface area contributed by atoms with Crippen LogP contribution in [0.2, 0.25) is 0 Å². The molecule has 3 rings (SSSR count). The second kappa shape index (κ2) is 8.38. The highest BCUT2D eigenvalue weighted by atomic mass is 16.1. The van der Waals surface area contributed by atoms with E-state index in [1.54, 1.807) is 18.5 Å².